The lowest BCUT2D eigenvalue weighted by atomic mass is 10.2. The van der Waals surface area contributed by atoms with Crippen molar-refractivity contribution in [2.24, 2.45) is 0 Å². The van der Waals surface area contributed by atoms with Crippen molar-refractivity contribution in [1.29, 1.82) is 0 Å². The van der Waals surface area contributed by atoms with Crippen LogP contribution in [0.4, 0.5) is 31.0 Å². The second kappa shape index (κ2) is 9.33. The smallest absolute Gasteiger partial charge is 0.475 e. The third-order valence-electron chi connectivity index (χ3n) is 5.03. The van der Waals surface area contributed by atoms with Crippen molar-refractivity contribution in [2.45, 2.75) is 6.18 Å². The average molecular weight is 539 g/mol. The highest BCUT2D eigenvalue weighted by molar-refractivity contribution is 9.10. The number of hydrogen-bond acceptors (Lipinski definition) is 8. The van der Waals surface area contributed by atoms with Crippen LogP contribution in [0, 0.1) is 0 Å². The van der Waals surface area contributed by atoms with Gasteiger partial charge >= 0.3 is 12.1 Å². The number of piperazine rings is 1. The molecule has 1 saturated heterocycles. The minimum Gasteiger partial charge on any atom is -0.475 e. The highest BCUT2D eigenvalue weighted by Gasteiger charge is 2.38. The fourth-order valence-electron chi connectivity index (χ4n) is 3.45. The van der Waals surface area contributed by atoms with Gasteiger partial charge < -0.3 is 25.1 Å². The van der Waals surface area contributed by atoms with Gasteiger partial charge in [-0.15, -0.1) is 0 Å². The van der Waals surface area contributed by atoms with Crippen LogP contribution in [0.3, 0.4) is 0 Å². The van der Waals surface area contributed by atoms with E-state index < -0.39 is 12.1 Å². The summed E-state index contributed by atoms with van der Waals surface area (Å²) in [4.78, 5) is 26.8. The van der Waals surface area contributed by atoms with Crippen LogP contribution in [0.2, 0.25) is 0 Å². The van der Waals surface area contributed by atoms with Crippen molar-refractivity contribution in [3.05, 3.63) is 46.9 Å². The second-order valence-electron chi connectivity index (χ2n) is 7.31. The monoisotopic (exact) mass is 538 g/mol. The molecule has 0 saturated carbocycles. The number of aliphatic carboxylic acids is 1. The van der Waals surface area contributed by atoms with Crippen LogP contribution in [-0.2, 0) is 4.79 Å². The third-order valence-corrected chi connectivity index (χ3v) is 5.52. The highest BCUT2D eigenvalue weighted by atomic mass is 79.9. The fraction of sp³-hybridized carbons (Fsp3) is 0.238. The molecule has 9 nitrogen and oxygen atoms in total. The lowest BCUT2D eigenvalue weighted by Crippen LogP contribution is -2.47. The number of halogens is 4. The molecule has 178 valence electrons. The van der Waals surface area contributed by atoms with E-state index in [1.54, 1.807) is 0 Å². The SMILES string of the molecule is Nc1nc(N2CCN(c3nc4ccccc4o3)CC2)c2cc(Br)ccc2n1.O=C(O)C(F)(F)F. The number of nitrogens with two attached hydrogens (primary N) is 1. The first-order chi connectivity index (χ1) is 16.1. The minimum atomic E-state index is -5.08. The maximum absolute atomic E-state index is 10.6. The summed E-state index contributed by atoms with van der Waals surface area (Å²) < 4.78 is 38.6. The van der Waals surface area contributed by atoms with E-state index in [1.807, 2.05) is 42.5 Å². The number of nitrogens with zero attached hydrogens (tertiary/aromatic N) is 5. The summed E-state index contributed by atoms with van der Waals surface area (Å²) in [5, 5.41) is 8.12. The molecule has 4 aromatic rings. The van der Waals surface area contributed by atoms with Gasteiger partial charge in [0.2, 0.25) is 5.95 Å². The van der Waals surface area contributed by atoms with Gasteiger partial charge in [0.05, 0.1) is 5.52 Å². The van der Waals surface area contributed by atoms with Gasteiger partial charge in [-0.1, -0.05) is 28.1 Å². The number of nitrogen functional groups attached to an aromatic ring is 1. The number of carbonyl (C=O) groups is 1. The molecular weight excluding hydrogens is 521 g/mol. The summed E-state index contributed by atoms with van der Waals surface area (Å²) in [6.45, 7) is 3.20. The number of hydrogen-bond donors (Lipinski definition) is 2. The molecule has 1 aliphatic heterocycles. The molecule has 0 atom stereocenters. The summed E-state index contributed by atoms with van der Waals surface area (Å²) in [7, 11) is 0. The zero-order chi connectivity index (χ0) is 24.5. The van der Waals surface area contributed by atoms with Gasteiger partial charge in [0.25, 0.3) is 6.01 Å². The Morgan fingerprint density at radius 2 is 1.65 bits per heavy atom. The number of oxazole rings is 1. The van der Waals surface area contributed by atoms with Crippen molar-refractivity contribution < 1.29 is 27.5 Å². The summed E-state index contributed by atoms with van der Waals surface area (Å²) in [6, 6.07) is 14.5. The predicted molar refractivity (Wildman–Crippen MR) is 124 cm³/mol. The van der Waals surface area contributed by atoms with Gasteiger partial charge in [0, 0.05) is 36.0 Å². The van der Waals surface area contributed by atoms with Crippen LogP contribution in [0.25, 0.3) is 22.0 Å². The van der Waals surface area contributed by atoms with Gasteiger partial charge in [0.1, 0.15) is 11.3 Å². The largest absolute Gasteiger partial charge is 0.490 e. The Kier molecular flexibility index (Phi) is 6.46. The number of aromatic nitrogens is 3. The topological polar surface area (TPSA) is 122 Å². The first-order valence-corrected chi connectivity index (χ1v) is 10.8. The minimum absolute atomic E-state index is 0.293. The van der Waals surface area contributed by atoms with Gasteiger partial charge in [-0.3, -0.25) is 0 Å². The van der Waals surface area contributed by atoms with Crippen molar-refractivity contribution in [1.82, 2.24) is 15.0 Å². The lowest BCUT2D eigenvalue weighted by Gasteiger charge is -2.35. The zero-order valence-corrected chi connectivity index (χ0v) is 19.0. The number of carboxylic acids is 1. The average Bonchev–Trinajstić information content (AvgIpc) is 3.23. The second-order valence-corrected chi connectivity index (χ2v) is 8.22. The van der Waals surface area contributed by atoms with Crippen molar-refractivity contribution >= 4 is 61.7 Å². The maximum Gasteiger partial charge on any atom is 0.490 e. The first-order valence-electron chi connectivity index (χ1n) is 10.00. The van der Waals surface area contributed by atoms with Crippen LogP contribution in [0.5, 0.6) is 0 Å². The van der Waals surface area contributed by atoms with E-state index in [9.17, 15) is 13.2 Å². The summed E-state index contributed by atoms with van der Waals surface area (Å²) in [5.74, 6) is -1.59. The molecule has 0 aliphatic carbocycles. The van der Waals surface area contributed by atoms with E-state index in [2.05, 4.69) is 40.7 Å². The molecule has 0 radical (unpaired) electrons. The Labute approximate surface area is 199 Å². The molecule has 0 amide bonds. The Hall–Kier alpha value is -3.61. The van der Waals surface area contributed by atoms with E-state index >= 15 is 0 Å². The Morgan fingerprint density at radius 3 is 2.29 bits per heavy atom. The van der Waals surface area contributed by atoms with Crippen LogP contribution in [-0.4, -0.2) is 58.4 Å². The predicted octanol–water partition coefficient (Wildman–Crippen LogP) is 4.08. The summed E-state index contributed by atoms with van der Waals surface area (Å²) in [5.41, 5.74) is 8.48. The normalized spacial score (nSPS) is 14.2. The quantitative estimate of drug-likeness (QED) is 0.388. The molecule has 2 aromatic carbocycles. The lowest BCUT2D eigenvalue weighted by molar-refractivity contribution is -0.192. The van der Waals surface area contributed by atoms with Crippen molar-refractivity contribution in [3.8, 4) is 0 Å². The van der Waals surface area contributed by atoms with Crippen LogP contribution in [0.1, 0.15) is 0 Å². The van der Waals surface area contributed by atoms with Crippen LogP contribution >= 0.6 is 15.9 Å². The van der Waals surface area contributed by atoms with E-state index in [0.717, 1.165) is 58.5 Å². The van der Waals surface area contributed by atoms with Gasteiger partial charge in [-0.2, -0.15) is 23.1 Å². The van der Waals surface area contributed by atoms with Gasteiger partial charge in [-0.05, 0) is 30.3 Å². The number of rotatable bonds is 2. The molecule has 1 aliphatic rings. The fourth-order valence-corrected chi connectivity index (χ4v) is 3.81. The van der Waals surface area contributed by atoms with Crippen molar-refractivity contribution in [3.63, 3.8) is 0 Å². The number of para-hydroxylation sites is 2. The molecule has 5 rings (SSSR count). The Morgan fingerprint density at radius 1 is 1.00 bits per heavy atom. The first kappa shape index (κ1) is 23.5. The van der Waals surface area contributed by atoms with Gasteiger partial charge in [0.15, 0.2) is 5.58 Å². The molecule has 0 unspecified atom stereocenters. The number of anilines is 3. The standard InChI is InChI=1S/C19H17BrN6O.C2HF3O2/c20-12-5-6-14-13(11-12)17(24-18(21)22-14)25-7-9-26(10-8-25)19-23-15-3-1-2-4-16(15)27-19;3-2(4,5)1(6)7/h1-6,11H,7-10H2,(H2,21,22,24);(H,6,7). The number of alkyl halides is 3. The molecule has 0 bridgehead atoms. The molecule has 3 N–H and O–H groups in total. The Bertz CT molecular complexity index is 1310. The number of benzene rings is 2. The summed E-state index contributed by atoms with van der Waals surface area (Å²) in [6.07, 6.45) is -5.08. The van der Waals surface area contributed by atoms with Crippen molar-refractivity contribution in [2.75, 3.05) is 41.7 Å². The molecular formula is C21H18BrF3N6O3. The summed E-state index contributed by atoms with van der Waals surface area (Å²) >= 11 is 3.53. The third kappa shape index (κ3) is 5.14. The number of fused-ring (bicyclic) bond motifs is 2. The molecule has 13 heteroatoms. The number of carboxylic acid groups (broad SMARTS) is 1. The maximum atomic E-state index is 10.6. The molecule has 34 heavy (non-hydrogen) atoms. The van der Waals surface area contributed by atoms with E-state index in [1.165, 1.54) is 0 Å². The van der Waals surface area contributed by atoms with E-state index in [4.69, 9.17) is 20.1 Å². The van der Waals surface area contributed by atoms with Crippen LogP contribution in [0.15, 0.2) is 51.4 Å². The highest BCUT2D eigenvalue weighted by Crippen LogP contribution is 2.29. The van der Waals surface area contributed by atoms with E-state index in [-0.39, 0.29) is 0 Å². The van der Waals surface area contributed by atoms with Gasteiger partial charge in [-0.25, -0.2) is 9.78 Å². The molecule has 1 fully saturated rings. The Balaban J connectivity index is 0.000000344. The van der Waals surface area contributed by atoms with E-state index in [0.29, 0.717) is 12.0 Å². The van der Waals surface area contributed by atoms with Crippen LogP contribution < -0.4 is 15.5 Å². The molecule has 2 aromatic heterocycles. The molecule has 0 spiro atoms. The molecule has 3 heterocycles. The zero-order valence-electron chi connectivity index (χ0n) is 17.5.